The monoisotopic (exact) mass is 287 g/mol. The van der Waals surface area contributed by atoms with E-state index < -0.39 is 0 Å². The summed E-state index contributed by atoms with van der Waals surface area (Å²) in [5.74, 6) is 2.65. The zero-order valence-electron chi connectivity index (χ0n) is 12.6. The molecule has 3 atom stereocenters. The molecule has 21 heavy (non-hydrogen) atoms. The van der Waals surface area contributed by atoms with Crippen molar-refractivity contribution in [3.05, 3.63) is 18.5 Å². The SMILES string of the molecule is NCC1(N2CCN(c3ncccn3)CC2)CC2CCC1C2. The lowest BCUT2D eigenvalue weighted by Crippen LogP contribution is -2.62. The van der Waals surface area contributed by atoms with E-state index in [1.165, 1.54) is 25.7 Å². The summed E-state index contributed by atoms with van der Waals surface area (Å²) in [5.41, 5.74) is 6.55. The Morgan fingerprint density at radius 2 is 1.90 bits per heavy atom. The fourth-order valence-corrected chi connectivity index (χ4v) is 4.99. The largest absolute Gasteiger partial charge is 0.338 e. The van der Waals surface area contributed by atoms with Crippen LogP contribution < -0.4 is 10.6 Å². The van der Waals surface area contributed by atoms with Crippen LogP contribution in [0.15, 0.2) is 18.5 Å². The molecule has 1 aromatic rings. The summed E-state index contributed by atoms with van der Waals surface area (Å²) in [6.45, 7) is 5.06. The second-order valence-electron chi connectivity index (χ2n) is 6.91. The minimum Gasteiger partial charge on any atom is -0.338 e. The molecule has 3 unspecified atom stereocenters. The van der Waals surface area contributed by atoms with Crippen molar-refractivity contribution in [1.29, 1.82) is 0 Å². The summed E-state index contributed by atoms with van der Waals surface area (Å²) < 4.78 is 0. The molecule has 0 radical (unpaired) electrons. The van der Waals surface area contributed by atoms with Crippen molar-refractivity contribution in [2.75, 3.05) is 37.6 Å². The number of aromatic nitrogens is 2. The molecule has 2 bridgehead atoms. The number of fused-ring (bicyclic) bond motifs is 2. The highest BCUT2D eigenvalue weighted by atomic mass is 15.3. The molecule has 4 rings (SSSR count). The normalized spacial score (nSPS) is 36.3. The number of nitrogens with zero attached hydrogens (tertiary/aromatic N) is 4. The minimum absolute atomic E-state index is 0.298. The minimum atomic E-state index is 0.298. The van der Waals surface area contributed by atoms with E-state index in [0.29, 0.717) is 5.54 Å². The summed E-state index contributed by atoms with van der Waals surface area (Å²) in [6.07, 6.45) is 9.22. The summed E-state index contributed by atoms with van der Waals surface area (Å²) in [5, 5.41) is 0. The molecule has 2 aliphatic carbocycles. The van der Waals surface area contributed by atoms with Crippen LogP contribution >= 0.6 is 0 Å². The van der Waals surface area contributed by atoms with Crippen molar-refractivity contribution in [2.24, 2.45) is 17.6 Å². The van der Waals surface area contributed by atoms with E-state index in [0.717, 1.165) is 50.5 Å². The van der Waals surface area contributed by atoms with E-state index in [2.05, 4.69) is 19.8 Å². The number of nitrogens with two attached hydrogens (primary N) is 1. The Labute approximate surface area is 126 Å². The van der Waals surface area contributed by atoms with Gasteiger partial charge in [-0.05, 0) is 37.2 Å². The predicted molar refractivity (Wildman–Crippen MR) is 83.1 cm³/mol. The van der Waals surface area contributed by atoms with Crippen LogP contribution in [0, 0.1) is 11.8 Å². The molecular weight excluding hydrogens is 262 g/mol. The Hall–Kier alpha value is -1.20. The van der Waals surface area contributed by atoms with Gasteiger partial charge in [0.15, 0.2) is 0 Å². The molecule has 2 N–H and O–H groups in total. The average molecular weight is 287 g/mol. The van der Waals surface area contributed by atoms with Crippen LogP contribution in [0.2, 0.25) is 0 Å². The smallest absolute Gasteiger partial charge is 0.225 e. The summed E-state index contributed by atoms with van der Waals surface area (Å²) in [4.78, 5) is 13.7. The third kappa shape index (κ3) is 2.14. The Morgan fingerprint density at radius 3 is 2.48 bits per heavy atom. The average Bonchev–Trinajstić information content (AvgIpc) is 3.17. The van der Waals surface area contributed by atoms with Gasteiger partial charge in [-0.1, -0.05) is 6.42 Å². The molecule has 0 aromatic carbocycles. The van der Waals surface area contributed by atoms with E-state index in [1.807, 2.05) is 18.5 Å². The maximum absolute atomic E-state index is 6.25. The Bertz CT molecular complexity index is 485. The number of rotatable bonds is 3. The van der Waals surface area contributed by atoms with Gasteiger partial charge in [0.25, 0.3) is 0 Å². The van der Waals surface area contributed by atoms with Crippen molar-refractivity contribution in [3.63, 3.8) is 0 Å². The molecule has 1 aliphatic heterocycles. The van der Waals surface area contributed by atoms with Crippen LogP contribution in [-0.4, -0.2) is 53.1 Å². The quantitative estimate of drug-likeness (QED) is 0.902. The van der Waals surface area contributed by atoms with Gasteiger partial charge >= 0.3 is 0 Å². The lowest BCUT2D eigenvalue weighted by atomic mass is 9.79. The molecule has 1 saturated heterocycles. The summed E-state index contributed by atoms with van der Waals surface area (Å²) >= 11 is 0. The summed E-state index contributed by atoms with van der Waals surface area (Å²) in [7, 11) is 0. The van der Waals surface area contributed by atoms with Gasteiger partial charge in [-0.15, -0.1) is 0 Å². The van der Waals surface area contributed by atoms with Crippen molar-refractivity contribution in [1.82, 2.24) is 14.9 Å². The van der Waals surface area contributed by atoms with E-state index in [1.54, 1.807) is 0 Å². The second kappa shape index (κ2) is 5.21. The first-order valence-corrected chi connectivity index (χ1v) is 8.29. The molecule has 5 nitrogen and oxygen atoms in total. The van der Waals surface area contributed by atoms with E-state index >= 15 is 0 Å². The third-order valence-corrected chi connectivity index (χ3v) is 6.04. The Kier molecular flexibility index (Phi) is 3.34. The lowest BCUT2D eigenvalue weighted by molar-refractivity contribution is 0.0366. The standard InChI is InChI=1S/C16H25N5/c17-12-16(11-13-2-3-14(16)10-13)21-8-6-20(7-9-21)15-18-4-1-5-19-15/h1,4-5,13-14H,2-3,6-12,17H2. The molecular formula is C16H25N5. The van der Waals surface area contributed by atoms with Crippen molar-refractivity contribution in [2.45, 2.75) is 31.2 Å². The first kappa shape index (κ1) is 13.5. The van der Waals surface area contributed by atoms with Crippen LogP contribution in [0.5, 0.6) is 0 Å². The van der Waals surface area contributed by atoms with Crippen LogP contribution in [0.1, 0.15) is 25.7 Å². The third-order valence-electron chi connectivity index (χ3n) is 6.04. The molecule has 5 heteroatoms. The van der Waals surface area contributed by atoms with Gasteiger partial charge in [0.1, 0.15) is 0 Å². The van der Waals surface area contributed by atoms with Gasteiger partial charge in [-0.3, -0.25) is 4.90 Å². The lowest BCUT2D eigenvalue weighted by Gasteiger charge is -2.49. The van der Waals surface area contributed by atoms with Gasteiger partial charge in [-0.25, -0.2) is 9.97 Å². The van der Waals surface area contributed by atoms with Crippen molar-refractivity contribution in [3.8, 4) is 0 Å². The van der Waals surface area contributed by atoms with E-state index in [9.17, 15) is 0 Å². The van der Waals surface area contributed by atoms with Gasteiger partial charge in [0.05, 0.1) is 0 Å². The van der Waals surface area contributed by atoms with Gasteiger partial charge in [0, 0.05) is 50.7 Å². The van der Waals surface area contributed by atoms with Crippen molar-refractivity contribution >= 4 is 5.95 Å². The number of hydrogen-bond donors (Lipinski definition) is 1. The second-order valence-corrected chi connectivity index (χ2v) is 6.91. The molecule has 3 aliphatic rings. The van der Waals surface area contributed by atoms with Crippen LogP contribution in [0.4, 0.5) is 5.95 Å². The van der Waals surface area contributed by atoms with Gasteiger partial charge in [0.2, 0.25) is 5.95 Å². The molecule has 0 amide bonds. The predicted octanol–water partition coefficient (Wildman–Crippen LogP) is 1.12. The highest BCUT2D eigenvalue weighted by Gasteiger charge is 2.53. The van der Waals surface area contributed by atoms with E-state index in [-0.39, 0.29) is 0 Å². The zero-order chi connectivity index (χ0) is 14.3. The van der Waals surface area contributed by atoms with Crippen LogP contribution in [0.25, 0.3) is 0 Å². The van der Waals surface area contributed by atoms with Crippen LogP contribution in [-0.2, 0) is 0 Å². The first-order valence-electron chi connectivity index (χ1n) is 8.29. The first-order chi connectivity index (χ1) is 10.3. The molecule has 1 aromatic heterocycles. The molecule has 0 spiro atoms. The topological polar surface area (TPSA) is 58.3 Å². The van der Waals surface area contributed by atoms with Gasteiger partial charge in [-0.2, -0.15) is 0 Å². The molecule has 114 valence electrons. The molecule has 3 fully saturated rings. The maximum Gasteiger partial charge on any atom is 0.225 e. The van der Waals surface area contributed by atoms with Crippen LogP contribution in [0.3, 0.4) is 0 Å². The zero-order valence-corrected chi connectivity index (χ0v) is 12.6. The van der Waals surface area contributed by atoms with Gasteiger partial charge < -0.3 is 10.6 Å². The van der Waals surface area contributed by atoms with Crippen molar-refractivity contribution < 1.29 is 0 Å². The number of anilines is 1. The maximum atomic E-state index is 6.25. The molecule has 2 heterocycles. The highest BCUT2D eigenvalue weighted by Crippen LogP contribution is 2.53. The molecule has 2 saturated carbocycles. The summed E-state index contributed by atoms with van der Waals surface area (Å²) in [6, 6.07) is 1.87. The number of hydrogen-bond acceptors (Lipinski definition) is 5. The Balaban J connectivity index is 1.45. The Morgan fingerprint density at radius 1 is 1.14 bits per heavy atom. The number of piperazine rings is 1. The fraction of sp³-hybridized carbons (Fsp3) is 0.750. The highest BCUT2D eigenvalue weighted by molar-refractivity contribution is 5.29. The fourth-order valence-electron chi connectivity index (χ4n) is 4.99. The van der Waals surface area contributed by atoms with E-state index in [4.69, 9.17) is 5.73 Å².